The first-order chi connectivity index (χ1) is 6.83. The number of nitrogens with zero attached hydrogens (tertiary/aromatic N) is 2. The first-order valence-corrected chi connectivity index (χ1v) is 5.40. The molecule has 0 aliphatic heterocycles. The van der Waals surface area contributed by atoms with Gasteiger partial charge in [0.25, 0.3) is 0 Å². The highest BCUT2D eigenvalue weighted by atomic mass is 79.9. The van der Waals surface area contributed by atoms with Crippen molar-refractivity contribution in [1.29, 1.82) is 0 Å². The molecule has 0 saturated heterocycles. The van der Waals surface area contributed by atoms with E-state index in [1.807, 2.05) is 0 Å². The normalized spacial score (nSPS) is 10.1. The molecule has 0 saturated carbocycles. The molecule has 1 rings (SSSR count). The fourth-order valence-corrected chi connectivity index (χ4v) is 1.12. The van der Waals surface area contributed by atoms with Crippen LogP contribution in [0.2, 0.25) is 0 Å². The zero-order valence-corrected chi connectivity index (χ0v) is 9.79. The van der Waals surface area contributed by atoms with Crippen LogP contribution in [-0.2, 0) is 4.74 Å². The van der Waals surface area contributed by atoms with Gasteiger partial charge in [0.1, 0.15) is 11.2 Å². The Morgan fingerprint density at radius 3 is 2.93 bits per heavy atom. The van der Waals surface area contributed by atoms with Gasteiger partial charge in [-0.25, -0.2) is 4.98 Å². The summed E-state index contributed by atoms with van der Waals surface area (Å²) in [5, 5.41) is 0. The van der Waals surface area contributed by atoms with E-state index in [1.54, 1.807) is 12.3 Å². The summed E-state index contributed by atoms with van der Waals surface area (Å²) < 4.78 is 11.0. The van der Waals surface area contributed by atoms with Crippen LogP contribution in [0.25, 0.3) is 0 Å². The van der Waals surface area contributed by atoms with Gasteiger partial charge in [-0.3, -0.25) is 0 Å². The van der Waals surface area contributed by atoms with Crippen molar-refractivity contribution in [1.82, 2.24) is 9.97 Å². The molecule has 1 heterocycles. The lowest BCUT2D eigenvalue weighted by atomic mass is 10.7. The van der Waals surface area contributed by atoms with Gasteiger partial charge in [-0.05, 0) is 22.0 Å². The van der Waals surface area contributed by atoms with E-state index in [9.17, 15) is 0 Å². The Balaban J connectivity index is 2.18. The SMILES string of the molecule is ClCCOCCOc1nccc(Br)n1. The molecule has 0 radical (unpaired) electrons. The van der Waals surface area contributed by atoms with Gasteiger partial charge in [-0.15, -0.1) is 11.6 Å². The standard InChI is InChI=1S/C8H10BrClN2O2/c9-7-1-3-11-8(12-7)14-6-5-13-4-2-10/h1,3H,2,4-6H2. The number of aromatic nitrogens is 2. The van der Waals surface area contributed by atoms with E-state index in [4.69, 9.17) is 21.1 Å². The van der Waals surface area contributed by atoms with Crippen molar-refractivity contribution >= 4 is 27.5 Å². The van der Waals surface area contributed by atoms with Crippen molar-refractivity contribution in [3.05, 3.63) is 16.9 Å². The van der Waals surface area contributed by atoms with E-state index in [0.717, 1.165) is 0 Å². The Kier molecular flexibility index (Phi) is 5.82. The smallest absolute Gasteiger partial charge is 0.317 e. The van der Waals surface area contributed by atoms with Crippen LogP contribution in [0.15, 0.2) is 16.9 Å². The maximum Gasteiger partial charge on any atom is 0.317 e. The molecule has 0 fully saturated rings. The highest BCUT2D eigenvalue weighted by Crippen LogP contribution is 2.08. The van der Waals surface area contributed by atoms with Crippen molar-refractivity contribution in [2.75, 3.05) is 25.7 Å². The number of ether oxygens (including phenoxy) is 2. The van der Waals surface area contributed by atoms with Crippen molar-refractivity contribution < 1.29 is 9.47 Å². The fraction of sp³-hybridized carbons (Fsp3) is 0.500. The summed E-state index contributed by atoms with van der Waals surface area (Å²) in [5.74, 6) is 0.493. The monoisotopic (exact) mass is 280 g/mol. The highest BCUT2D eigenvalue weighted by Gasteiger charge is 1.97. The molecule has 0 aliphatic rings. The largest absolute Gasteiger partial charge is 0.461 e. The lowest BCUT2D eigenvalue weighted by molar-refractivity contribution is 0.107. The Morgan fingerprint density at radius 1 is 1.36 bits per heavy atom. The number of rotatable bonds is 6. The van der Waals surface area contributed by atoms with E-state index in [-0.39, 0.29) is 0 Å². The Labute approximate surface area is 95.7 Å². The van der Waals surface area contributed by atoms with E-state index in [0.29, 0.717) is 36.3 Å². The summed E-state index contributed by atoms with van der Waals surface area (Å²) in [6.45, 7) is 1.44. The average molecular weight is 282 g/mol. The van der Waals surface area contributed by atoms with Crippen LogP contribution in [0.1, 0.15) is 0 Å². The van der Waals surface area contributed by atoms with Crippen LogP contribution in [0.5, 0.6) is 6.01 Å². The first kappa shape index (κ1) is 11.7. The maximum absolute atomic E-state index is 5.42. The summed E-state index contributed by atoms with van der Waals surface area (Å²) in [6.07, 6.45) is 1.62. The third-order valence-electron chi connectivity index (χ3n) is 1.28. The second kappa shape index (κ2) is 6.98. The number of alkyl halides is 1. The summed E-state index contributed by atoms with van der Waals surface area (Å²) in [4.78, 5) is 7.91. The quantitative estimate of drug-likeness (QED) is 0.454. The van der Waals surface area contributed by atoms with E-state index in [2.05, 4.69) is 25.9 Å². The van der Waals surface area contributed by atoms with Crippen LogP contribution < -0.4 is 4.74 Å². The second-order valence-electron chi connectivity index (χ2n) is 2.31. The third kappa shape index (κ3) is 4.74. The first-order valence-electron chi connectivity index (χ1n) is 4.08. The topological polar surface area (TPSA) is 44.2 Å². The Hall–Kier alpha value is -0.390. The Morgan fingerprint density at radius 2 is 2.21 bits per heavy atom. The zero-order valence-electron chi connectivity index (χ0n) is 7.45. The lowest BCUT2D eigenvalue weighted by Crippen LogP contribution is -2.09. The summed E-state index contributed by atoms with van der Waals surface area (Å²) in [5.41, 5.74) is 0. The number of hydrogen-bond donors (Lipinski definition) is 0. The predicted molar refractivity (Wildman–Crippen MR) is 56.8 cm³/mol. The molecule has 6 heteroatoms. The van der Waals surface area contributed by atoms with Gasteiger partial charge in [0.2, 0.25) is 0 Å². The molecule has 0 atom stereocenters. The second-order valence-corrected chi connectivity index (χ2v) is 3.50. The molecular formula is C8H10BrClN2O2. The molecule has 14 heavy (non-hydrogen) atoms. The summed E-state index contributed by atoms with van der Waals surface area (Å²) >= 11 is 8.64. The lowest BCUT2D eigenvalue weighted by Gasteiger charge is -2.04. The van der Waals surface area contributed by atoms with Crippen LogP contribution in [0, 0.1) is 0 Å². The van der Waals surface area contributed by atoms with Gasteiger partial charge in [0.05, 0.1) is 13.2 Å². The molecule has 1 aromatic heterocycles. The van der Waals surface area contributed by atoms with Gasteiger partial charge in [-0.2, -0.15) is 4.98 Å². The molecule has 0 unspecified atom stereocenters. The third-order valence-corrected chi connectivity index (χ3v) is 1.88. The molecule has 0 N–H and O–H groups in total. The Bertz CT molecular complexity index is 275. The molecular weight excluding hydrogens is 271 g/mol. The highest BCUT2D eigenvalue weighted by molar-refractivity contribution is 9.10. The molecule has 0 spiro atoms. The van der Waals surface area contributed by atoms with Crippen LogP contribution in [0.3, 0.4) is 0 Å². The molecule has 1 aromatic rings. The minimum absolute atomic E-state index is 0.342. The van der Waals surface area contributed by atoms with Crippen molar-refractivity contribution in [2.24, 2.45) is 0 Å². The van der Waals surface area contributed by atoms with Crippen LogP contribution in [-0.4, -0.2) is 35.7 Å². The number of halogens is 2. The van der Waals surface area contributed by atoms with Gasteiger partial charge >= 0.3 is 6.01 Å². The minimum Gasteiger partial charge on any atom is -0.461 e. The molecule has 0 aromatic carbocycles. The van der Waals surface area contributed by atoms with Gasteiger partial charge in [0.15, 0.2) is 0 Å². The van der Waals surface area contributed by atoms with Crippen molar-refractivity contribution in [3.8, 4) is 6.01 Å². The van der Waals surface area contributed by atoms with Gasteiger partial charge in [-0.1, -0.05) is 0 Å². The summed E-state index contributed by atoms with van der Waals surface area (Å²) in [7, 11) is 0. The molecule has 0 bridgehead atoms. The van der Waals surface area contributed by atoms with Crippen LogP contribution >= 0.6 is 27.5 Å². The average Bonchev–Trinajstić information content (AvgIpc) is 2.18. The molecule has 4 nitrogen and oxygen atoms in total. The van der Waals surface area contributed by atoms with E-state index in [1.165, 1.54) is 0 Å². The molecule has 0 aliphatic carbocycles. The van der Waals surface area contributed by atoms with Crippen LogP contribution in [0.4, 0.5) is 0 Å². The van der Waals surface area contributed by atoms with E-state index >= 15 is 0 Å². The number of hydrogen-bond acceptors (Lipinski definition) is 4. The van der Waals surface area contributed by atoms with Crippen molar-refractivity contribution in [2.45, 2.75) is 0 Å². The minimum atomic E-state index is 0.342. The van der Waals surface area contributed by atoms with Gasteiger partial charge < -0.3 is 9.47 Å². The predicted octanol–water partition coefficient (Wildman–Crippen LogP) is 1.87. The summed E-state index contributed by atoms with van der Waals surface area (Å²) in [6, 6.07) is 2.07. The van der Waals surface area contributed by atoms with Crippen molar-refractivity contribution in [3.63, 3.8) is 0 Å². The van der Waals surface area contributed by atoms with Gasteiger partial charge in [0, 0.05) is 12.1 Å². The molecule has 0 amide bonds. The zero-order chi connectivity index (χ0) is 10.2. The fourth-order valence-electron chi connectivity index (χ4n) is 0.738. The van der Waals surface area contributed by atoms with E-state index < -0.39 is 0 Å². The molecule has 78 valence electrons. The maximum atomic E-state index is 5.42.